The number of halogens is 1. The van der Waals surface area contributed by atoms with E-state index in [9.17, 15) is 4.79 Å². The monoisotopic (exact) mass is 386 g/mol. The molecule has 0 aliphatic carbocycles. The van der Waals surface area contributed by atoms with Crippen molar-refractivity contribution in [3.8, 4) is 0 Å². The van der Waals surface area contributed by atoms with E-state index in [1.807, 2.05) is 24.3 Å². The molecule has 0 unspecified atom stereocenters. The van der Waals surface area contributed by atoms with Crippen LogP contribution in [0.2, 0.25) is 5.02 Å². The van der Waals surface area contributed by atoms with Gasteiger partial charge < -0.3 is 15.5 Å². The van der Waals surface area contributed by atoms with Crippen molar-refractivity contribution in [3.63, 3.8) is 0 Å². The van der Waals surface area contributed by atoms with Crippen LogP contribution in [0.15, 0.2) is 42.6 Å². The summed E-state index contributed by atoms with van der Waals surface area (Å²) in [6.07, 6.45) is 3.98. The summed E-state index contributed by atoms with van der Waals surface area (Å²) in [7, 11) is 0. The van der Waals surface area contributed by atoms with Crippen molar-refractivity contribution in [2.75, 3.05) is 29.9 Å². The molecular formula is C21H27ClN4O. The molecule has 27 heavy (non-hydrogen) atoms. The molecule has 0 atom stereocenters. The number of piperidine rings is 1. The van der Waals surface area contributed by atoms with Crippen molar-refractivity contribution in [1.82, 2.24) is 10.3 Å². The average Bonchev–Trinajstić information content (AvgIpc) is 2.68. The number of carbonyl (C=O) groups is 1. The van der Waals surface area contributed by atoms with E-state index in [1.165, 1.54) is 0 Å². The lowest BCUT2D eigenvalue weighted by Gasteiger charge is -2.35. The summed E-state index contributed by atoms with van der Waals surface area (Å²) >= 11 is 6.22. The van der Waals surface area contributed by atoms with Gasteiger partial charge in [-0.15, -0.1) is 0 Å². The lowest BCUT2D eigenvalue weighted by molar-refractivity contribution is 0.102. The number of amides is 1. The lowest BCUT2D eigenvalue weighted by atomic mass is 9.96. The number of anilines is 2. The number of carbonyl (C=O) groups excluding carboxylic acids is 1. The predicted octanol–water partition coefficient (Wildman–Crippen LogP) is 4.20. The summed E-state index contributed by atoms with van der Waals surface area (Å²) in [5, 5.41) is 6.84. The molecule has 1 aromatic carbocycles. The first kappa shape index (κ1) is 19.6. The molecule has 5 nitrogen and oxygen atoms in total. The fourth-order valence-electron chi connectivity index (χ4n) is 3.49. The Bertz CT molecular complexity index is 760. The molecule has 6 heteroatoms. The highest BCUT2D eigenvalue weighted by atomic mass is 35.5. The third-order valence-electron chi connectivity index (χ3n) is 4.96. The van der Waals surface area contributed by atoms with Crippen LogP contribution in [0.25, 0.3) is 0 Å². The quantitative estimate of drug-likeness (QED) is 0.781. The van der Waals surface area contributed by atoms with E-state index in [-0.39, 0.29) is 11.9 Å². The minimum absolute atomic E-state index is 0.192. The molecule has 1 aromatic heterocycles. The van der Waals surface area contributed by atoms with Crippen LogP contribution in [0, 0.1) is 5.92 Å². The molecule has 1 amide bonds. The first-order valence-corrected chi connectivity index (χ1v) is 9.91. The Balaban J connectivity index is 1.87. The number of pyridine rings is 1. The van der Waals surface area contributed by atoms with Crippen molar-refractivity contribution in [1.29, 1.82) is 0 Å². The van der Waals surface area contributed by atoms with Gasteiger partial charge in [-0.3, -0.25) is 4.79 Å². The molecule has 0 bridgehead atoms. The Kier molecular flexibility index (Phi) is 6.69. The predicted molar refractivity (Wildman–Crippen MR) is 112 cm³/mol. The fourth-order valence-corrected chi connectivity index (χ4v) is 3.66. The van der Waals surface area contributed by atoms with Gasteiger partial charge in [0.25, 0.3) is 5.91 Å². The molecule has 0 saturated carbocycles. The zero-order valence-electron chi connectivity index (χ0n) is 15.9. The number of nitrogens with zero attached hydrogens (tertiary/aromatic N) is 2. The largest absolute Gasteiger partial charge is 0.368 e. The normalized spacial score (nSPS) is 15.0. The van der Waals surface area contributed by atoms with E-state index in [4.69, 9.17) is 11.6 Å². The van der Waals surface area contributed by atoms with Crippen LogP contribution in [0.4, 0.5) is 11.5 Å². The topological polar surface area (TPSA) is 57.3 Å². The summed E-state index contributed by atoms with van der Waals surface area (Å²) < 4.78 is 0. The fraction of sp³-hybridized carbons (Fsp3) is 0.429. The first-order chi connectivity index (χ1) is 13.0. The van der Waals surface area contributed by atoms with Crippen molar-refractivity contribution in [2.24, 2.45) is 5.92 Å². The van der Waals surface area contributed by atoms with Gasteiger partial charge in [0.05, 0.1) is 5.56 Å². The van der Waals surface area contributed by atoms with E-state index in [2.05, 4.69) is 34.4 Å². The molecule has 1 fully saturated rings. The number of benzene rings is 1. The highest BCUT2D eigenvalue weighted by Crippen LogP contribution is 2.29. The number of hydrogen-bond donors (Lipinski definition) is 2. The summed E-state index contributed by atoms with van der Waals surface area (Å²) in [6, 6.07) is 11.3. The molecule has 1 saturated heterocycles. The molecule has 0 spiro atoms. The molecule has 1 aliphatic heterocycles. The second-order valence-electron chi connectivity index (χ2n) is 7.27. The molecule has 1 aliphatic rings. The van der Waals surface area contributed by atoms with Crippen LogP contribution in [-0.4, -0.2) is 36.6 Å². The van der Waals surface area contributed by atoms with Crippen LogP contribution in [0.5, 0.6) is 0 Å². The van der Waals surface area contributed by atoms with Crippen molar-refractivity contribution in [2.45, 2.75) is 32.7 Å². The van der Waals surface area contributed by atoms with Crippen LogP contribution in [0.1, 0.15) is 37.0 Å². The van der Waals surface area contributed by atoms with E-state index in [0.717, 1.165) is 38.2 Å². The molecule has 2 heterocycles. The lowest BCUT2D eigenvalue weighted by Crippen LogP contribution is -2.40. The Morgan fingerprint density at radius 3 is 2.74 bits per heavy atom. The van der Waals surface area contributed by atoms with E-state index >= 15 is 0 Å². The van der Waals surface area contributed by atoms with Crippen LogP contribution in [0.3, 0.4) is 0 Å². The molecule has 2 aromatic rings. The second kappa shape index (κ2) is 9.20. The standard InChI is InChI=1S/C21H27ClN4O/c1-15(2)26(14-16-8-11-23-12-9-16)19-7-6-17(22)13-18(19)21(27)25-20-5-3-4-10-24-20/h3-7,10,13,15-16,23H,8-9,11-12,14H2,1-2H3,(H,24,25,27). The highest BCUT2D eigenvalue weighted by Gasteiger charge is 2.23. The van der Waals surface area contributed by atoms with Gasteiger partial charge in [-0.05, 0) is 76.0 Å². The number of hydrogen-bond acceptors (Lipinski definition) is 4. The third kappa shape index (κ3) is 5.21. The molecule has 144 valence electrons. The van der Waals surface area contributed by atoms with E-state index < -0.39 is 0 Å². The number of rotatable bonds is 6. The van der Waals surface area contributed by atoms with Crippen LogP contribution >= 0.6 is 11.6 Å². The zero-order chi connectivity index (χ0) is 19.2. The summed E-state index contributed by atoms with van der Waals surface area (Å²) in [6.45, 7) is 7.38. The smallest absolute Gasteiger partial charge is 0.258 e. The Hall–Kier alpha value is -2.11. The van der Waals surface area contributed by atoms with Crippen LogP contribution in [-0.2, 0) is 0 Å². The maximum absolute atomic E-state index is 13.0. The van der Waals surface area contributed by atoms with Crippen LogP contribution < -0.4 is 15.5 Å². The Morgan fingerprint density at radius 2 is 2.07 bits per heavy atom. The van der Waals surface area contributed by atoms with Gasteiger partial charge in [-0.25, -0.2) is 4.98 Å². The van der Waals surface area contributed by atoms with E-state index in [1.54, 1.807) is 18.3 Å². The minimum atomic E-state index is -0.192. The van der Waals surface area contributed by atoms with Gasteiger partial charge in [0, 0.05) is 29.5 Å². The van der Waals surface area contributed by atoms with Gasteiger partial charge >= 0.3 is 0 Å². The van der Waals surface area contributed by atoms with Crippen molar-refractivity contribution < 1.29 is 4.79 Å². The molecule has 2 N–H and O–H groups in total. The second-order valence-corrected chi connectivity index (χ2v) is 7.71. The van der Waals surface area contributed by atoms with Gasteiger partial charge in [0.1, 0.15) is 5.82 Å². The summed E-state index contributed by atoms with van der Waals surface area (Å²) in [5.74, 6) is 0.959. The first-order valence-electron chi connectivity index (χ1n) is 9.54. The van der Waals surface area contributed by atoms with Crippen molar-refractivity contribution >= 4 is 29.0 Å². The Labute approximate surface area is 166 Å². The Morgan fingerprint density at radius 1 is 1.30 bits per heavy atom. The third-order valence-corrected chi connectivity index (χ3v) is 5.19. The summed E-state index contributed by atoms with van der Waals surface area (Å²) in [4.78, 5) is 19.5. The molecular weight excluding hydrogens is 360 g/mol. The van der Waals surface area contributed by atoms with Gasteiger partial charge in [-0.2, -0.15) is 0 Å². The highest BCUT2D eigenvalue weighted by molar-refractivity contribution is 6.31. The van der Waals surface area contributed by atoms with Crippen molar-refractivity contribution in [3.05, 3.63) is 53.2 Å². The number of aromatic nitrogens is 1. The number of nitrogens with one attached hydrogen (secondary N) is 2. The van der Waals surface area contributed by atoms with Gasteiger partial charge in [0.2, 0.25) is 0 Å². The SMILES string of the molecule is CC(C)N(CC1CCNCC1)c1ccc(Cl)cc1C(=O)Nc1ccccn1. The average molecular weight is 387 g/mol. The van der Waals surface area contributed by atoms with E-state index in [0.29, 0.717) is 22.3 Å². The van der Waals surface area contributed by atoms with Gasteiger partial charge in [0.15, 0.2) is 0 Å². The van der Waals surface area contributed by atoms with Gasteiger partial charge in [-0.1, -0.05) is 17.7 Å². The maximum Gasteiger partial charge on any atom is 0.258 e. The molecule has 0 radical (unpaired) electrons. The molecule has 3 rings (SSSR count). The maximum atomic E-state index is 13.0. The minimum Gasteiger partial charge on any atom is -0.368 e. The zero-order valence-corrected chi connectivity index (χ0v) is 16.7. The summed E-state index contributed by atoms with van der Waals surface area (Å²) in [5.41, 5.74) is 1.50.